The molecule has 21 heavy (non-hydrogen) atoms. The van der Waals surface area contributed by atoms with Gasteiger partial charge in [-0.2, -0.15) is 0 Å². The molecule has 0 aromatic heterocycles. The van der Waals surface area contributed by atoms with Crippen LogP contribution in [0.25, 0.3) is 0 Å². The molecule has 2 rings (SSSR count). The van der Waals surface area contributed by atoms with E-state index < -0.39 is 0 Å². The molecule has 112 valence electrons. The zero-order chi connectivity index (χ0) is 15.4. The molecule has 0 fully saturated rings. The van der Waals surface area contributed by atoms with Crippen molar-refractivity contribution in [3.05, 3.63) is 41.6 Å². The van der Waals surface area contributed by atoms with Crippen LogP contribution in [0.2, 0.25) is 0 Å². The first-order valence-electron chi connectivity index (χ1n) is 7.02. The van der Waals surface area contributed by atoms with Crippen molar-refractivity contribution in [3.8, 4) is 5.75 Å². The maximum atomic E-state index is 12.2. The van der Waals surface area contributed by atoms with Crippen LogP contribution in [0.5, 0.6) is 5.75 Å². The Hall–Kier alpha value is -2.30. The minimum Gasteiger partial charge on any atom is -0.497 e. The summed E-state index contributed by atoms with van der Waals surface area (Å²) in [7, 11) is 1.64. The van der Waals surface area contributed by atoms with Crippen molar-refractivity contribution < 1.29 is 9.53 Å². The van der Waals surface area contributed by atoms with E-state index in [9.17, 15) is 4.79 Å². The summed E-state index contributed by atoms with van der Waals surface area (Å²) in [4.78, 5) is 17.9. The average molecular weight is 287 g/mol. The van der Waals surface area contributed by atoms with Crippen molar-refractivity contribution in [2.75, 3.05) is 13.7 Å². The van der Waals surface area contributed by atoms with E-state index >= 15 is 0 Å². The number of benzene rings is 1. The number of carbonyl (C=O) groups is 1. The highest BCUT2D eigenvalue weighted by atomic mass is 16.5. The summed E-state index contributed by atoms with van der Waals surface area (Å²) in [6.45, 7) is 4.54. The van der Waals surface area contributed by atoms with Gasteiger partial charge in [-0.15, -0.1) is 0 Å². The molecule has 0 saturated carbocycles. The second-order valence-electron chi connectivity index (χ2n) is 5.32. The smallest absolute Gasteiger partial charge is 0.278 e. The highest BCUT2D eigenvalue weighted by molar-refractivity contribution is 6.11. The lowest BCUT2D eigenvalue weighted by Gasteiger charge is -2.15. The first-order valence-corrected chi connectivity index (χ1v) is 7.02. The molecule has 5 nitrogen and oxygen atoms in total. The lowest BCUT2D eigenvalue weighted by molar-refractivity contribution is -0.122. The quantitative estimate of drug-likeness (QED) is 0.841. The third kappa shape index (κ3) is 3.62. The Morgan fingerprint density at radius 2 is 2.00 bits per heavy atom. The van der Waals surface area contributed by atoms with E-state index in [-0.39, 0.29) is 17.8 Å². The van der Waals surface area contributed by atoms with Gasteiger partial charge in [0.15, 0.2) is 0 Å². The largest absolute Gasteiger partial charge is 0.497 e. The topological polar surface area (TPSA) is 67.9 Å². The van der Waals surface area contributed by atoms with E-state index in [4.69, 9.17) is 10.5 Å². The van der Waals surface area contributed by atoms with Gasteiger partial charge in [-0.1, -0.05) is 32.1 Å². The molecule has 0 radical (unpaired) electrons. The summed E-state index contributed by atoms with van der Waals surface area (Å²) in [5, 5.41) is 0. The van der Waals surface area contributed by atoms with Gasteiger partial charge in [0, 0.05) is 6.54 Å². The minimum atomic E-state index is -0.116. The molecule has 0 spiro atoms. The van der Waals surface area contributed by atoms with E-state index in [1.807, 2.05) is 44.2 Å². The number of aliphatic imine (C=N–C) groups is 1. The standard InChI is InChI=1S/C16H21N3O2/c1-11(2)10-14-15(20)19(16(17)18-14)9-8-12-4-6-13(21-3)7-5-12/h4-7,10-11H,8-9H2,1-3H3,(H2,17,18)/b14-10-. The van der Waals surface area contributed by atoms with Crippen LogP contribution in [-0.2, 0) is 11.2 Å². The molecule has 1 amide bonds. The van der Waals surface area contributed by atoms with E-state index in [0.717, 1.165) is 17.7 Å². The Morgan fingerprint density at radius 3 is 2.57 bits per heavy atom. The second-order valence-corrected chi connectivity index (χ2v) is 5.32. The van der Waals surface area contributed by atoms with Gasteiger partial charge in [0.2, 0.25) is 5.96 Å². The molecular formula is C16H21N3O2. The van der Waals surface area contributed by atoms with E-state index in [2.05, 4.69) is 4.99 Å². The van der Waals surface area contributed by atoms with Crippen molar-refractivity contribution in [1.82, 2.24) is 4.90 Å². The van der Waals surface area contributed by atoms with E-state index in [1.165, 1.54) is 4.90 Å². The van der Waals surface area contributed by atoms with Crippen molar-refractivity contribution in [2.24, 2.45) is 16.6 Å². The van der Waals surface area contributed by atoms with Crippen LogP contribution in [0, 0.1) is 5.92 Å². The molecule has 5 heteroatoms. The van der Waals surface area contributed by atoms with Crippen molar-refractivity contribution in [3.63, 3.8) is 0 Å². The van der Waals surface area contributed by atoms with Gasteiger partial charge in [-0.3, -0.25) is 9.69 Å². The maximum absolute atomic E-state index is 12.2. The first-order chi connectivity index (χ1) is 10.0. The highest BCUT2D eigenvalue weighted by Gasteiger charge is 2.27. The Balaban J connectivity index is 2.00. The number of amides is 1. The van der Waals surface area contributed by atoms with Gasteiger partial charge in [-0.05, 0) is 30.0 Å². The molecule has 0 atom stereocenters. The monoisotopic (exact) mass is 287 g/mol. The van der Waals surface area contributed by atoms with E-state index in [0.29, 0.717) is 12.2 Å². The normalized spacial score (nSPS) is 16.8. The Kier molecular flexibility index (Phi) is 4.62. The predicted molar refractivity (Wildman–Crippen MR) is 83.0 cm³/mol. The summed E-state index contributed by atoms with van der Waals surface area (Å²) >= 11 is 0. The molecule has 1 aliphatic rings. The fourth-order valence-electron chi connectivity index (χ4n) is 2.15. The van der Waals surface area contributed by atoms with Crippen molar-refractivity contribution >= 4 is 11.9 Å². The molecule has 0 unspecified atom stereocenters. The van der Waals surface area contributed by atoms with Gasteiger partial charge in [0.1, 0.15) is 11.4 Å². The first kappa shape index (κ1) is 15.1. The van der Waals surface area contributed by atoms with Gasteiger partial charge in [0.25, 0.3) is 5.91 Å². The number of hydrogen-bond donors (Lipinski definition) is 1. The molecule has 1 aliphatic heterocycles. The molecule has 2 N–H and O–H groups in total. The van der Waals surface area contributed by atoms with Gasteiger partial charge >= 0.3 is 0 Å². The lowest BCUT2D eigenvalue weighted by atomic mass is 10.1. The summed E-state index contributed by atoms with van der Waals surface area (Å²) in [5.74, 6) is 1.25. The maximum Gasteiger partial charge on any atom is 0.278 e. The minimum absolute atomic E-state index is 0.116. The molecule has 1 aromatic rings. The number of allylic oxidation sites excluding steroid dienone is 1. The number of ether oxygens (including phenoxy) is 1. The van der Waals surface area contributed by atoms with Crippen LogP contribution in [0.1, 0.15) is 19.4 Å². The van der Waals surface area contributed by atoms with Crippen molar-refractivity contribution in [1.29, 1.82) is 0 Å². The van der Waals surface area contributed by atoms with Crippen LogP contribution in [-0.4, -0.2) is 30.4 Å². The second kappa shape index (κ2) is 6.43. The van der Waals surface area contributed by atoms with Gasteiger partial charge in [0.05, 0.1) is 7.11 Å². The van der Waals surface area contributed by atoms with Gasteiger partial charge < -0.3 is 10.5 Å². The third-order valence-corrected chi connectivity index (χ3v) is 3.25. The Bertz CT molecular complexity index is 574. The van der Waals surface area contributed by atoms with Crippen molar-refractivity contribution in [2.45, 2.75) is 20.3 Å². The average Bonchev–Trinajstić information content (AvgIpc) is 2.71. The number of methoxy groups -OCH3 is 1. The fourth-order valence-corrected chi connectivity index (χ4v) is 2.15. The summed E-state index contributed by atoms with van der Waals surface area (Å²) in [5.41, 5.74) is 7.40. The Labute approximate surface area is 125 Å². The molecule has 0 saturated heterocycles. The zero-order valence-electron chi connectivity index (χ0n) is 12.7. The summed E-state index contributed by atoms with van der Waals surface area (Å²) in [6.07, 6.45) is 2.56. The van der Waals surface area contributed by atoms with Crippen LogP contribution >= 0.6 is 0 Å². The van der Waals surface area contributed by atoms with Crippen LogP contribution in [0.3, 0.4) is 0 Å². The number of nitrogens with two attached hydrogens (primary N) is 1. The third-order valence-electron chi connectivity index (χ3n) is 3.25. The lowest BCUT2D eigenvalue weighted by Crippen LogP contribution is -2.38. The number of nitrogens with zero attached hydrogens (tertiary/aromatic N) is 2. The zero-order valence-corrected chi connectivity index (χ0v) is 12.7. The summed E-state index contributed by atoms with van der Waals surface area (Å²) < 4.78 is 5.12. The summed E-state index contributed by atoms with van der Waals surface area (Å²) in [6, 6.07) is 7.78. The highest BCUT2D eigenvalue weighted by Crippen LogP contribution is 2.17. The molecular weight excluding hydrogens is 266 g/mol. The molecule has 1 heterocycles. The number of rotatable bonds is 5. The number of carbonyl (C=O) groups excluding carboxylic acids is 1. The predicted octanol–water partition coefficient (Wildman–Crippen LogP) is 1.93. The molecule has 0 aliphatic carbocycles. The van der Waals surface area contributed by atoms with Crippen LogP contribution in [0.15, 0.2) is 41.0 Å². The Morgan fingerprint density at radius 1 is 1.33 bits per heavy atom. The van der Waals surface area contributed by atoms with Crippen LogP contribution in [0.4, 0.5) is 0 Å². The van der Waals surface area contributed by atoms with Crippen LogP contribution < -0.4 is 10.5 Å². The number of guanidine groups is 1. The molecule has 0 bridgehead atoms. The van der Waals surface area contributed by atoms with Gasteiger partial charge in [-0.25, -0.2) is 4.99 Å². The van der Waals surface area contributed by atoms with E-state index in [1.54, 1.807) is 7.11 Å². The fraction of sp³-hybridized carbons (Fsp3) is 0.375. The number of hydrogen-bond acceptors (Lipinski definition) is 4. The SMILES string of the molecule is COc1ccc(CCN2C(=O)/C(=C/C(C)C)N=C2N)cc1. The molecule has 1 aromatic carbocycles.